The van der Waals surface area contributed by atoms with Crippen molar-refractivity contribution < 1.29 is 9.18 Å². The number of hydrogen-bond donors (Lipinski definition) is 0. The van der Waals surface area contributed by atoms with Crippen molar-refractivity contribution in [3.63, 3.8) is 0 Å². The second kappa shape index (κ2) is 4.12. The first kappa shape index (κ1) is 9.84. The summed E-state index contributed by atoms with van der Waals surface area (Å²) in [6.45, 7) is 0. The molecule has 0 saturated carbocycles. The molecule has 0 unspecified atom stereocenters. The Bertz CT molecular complexity index is 316. The predicted octanol–water partition coefficient (Wildman–Crippen LogP) is 3.45. The summed E-state index contributed by atoms with van der Waals surface area (Å²) in [5, 5.41) is -0.641. The van der Waals surface area contributed by atoms with Crippen molar-refractivity contribution in [3.05, 3.63) is 29.6 Å². The Balaban J connectivity index is 3.20. The zero-order valence-electron chi connectivity index (χ0n) is 5.68. The van der Waals surface area contributed by atoms with E-state index < -0.39 is 11.1 Å². The lowest BCUT2D eigenvalue weighted by molar-refractivity contribution is 0.107. The van der Waals surface area contributed by atoms with Gasteiger partial charge in [-0.15, -0.1) is 0 Å². The zero-order chi connectivity index (χ0) is 9.14. The molecule has 0 atom stereocenters. The molecule has 0 aliphatic rings. The van der Waals surface area contributed by atoms with E-state index in [1.165, 1.54) is 6.07 Å². The molecule has 12 heavy (non-hydrogen) atoms. The van der Waals surface area contributed by atoms with E-state index in [4.69, 9.17) is 22.3 Å². The largest absolute Gasteiger partial charge is 0.276 e. The molecule has 0 aliphatic heterocycles. The van der Waals surface area contributed by atoms with Gasteiger partial charge in [-0.3, -0.25) is 4.79 Å². The van der Waals surface area contributed by atoms with E-state index in [1.807, 2.05) is 0 Å². The van der Waals surface area contributed by atoms with Gasteiger partial charge in [-0.1, -0.05) is 0 Å². The molecular formula is C7H3Cl2FOS. The van der Waals surface area contributed by atoms with Crippen LogP contribution in [0.15, 0.2) is 23.1 Å². The first-order valence-electron chi connectivity index (χ1n) is 2.93. The molecule has 5 heteroatoms. The fourth-order valence-electron chi connectivity index (χ4n) is 0.722. The standard InChI is InChI=1S/C7H3Cl2FOS/c8-7(11)5-2-1-4(10)3-6(5)12-9/h1-3H. The Labute approximate surface area is 82.4 Å². The van der Waals surface area contributed by atoms with Crippen molar-refractivity contribution in [2.75, 3.05) is 0 Å². The molecule has 1 nitrogen and oxygen atoms in total. The second-order valence-corrected chi connectivity index (χ2v) is 3.39. The highest BCUT2D eigenvalue weighted by atomic mass is 35.7. The van der Waals surface area contributed by atoms with E-state index in [1.54, 1.807) is 0 Å². The number of benzene rings is 1. The quantitative estimate of drug-likeness (QED) is 0.717. The lowest BCUT2D eigenvalue weighted by Gasteiger charge is -1.99. The van der Waals surface area contributed by atoms with Gasteiger partial charge in [0.05, 0.1) is 0 Å². The first-order valence-corrected chi connectivity index (χ1v) is 4.95. The molecule has 0 radical (unpaired) electrons. The number of carbonyl (C=O) groups excluding carboxylic acids is 1. The summed E-state index contributed by atoms with van der Waals surface area (Å²) in [5.74, 6) is -0.445. The monoisotopic (exact) mass is 224 g/mol. The Hall–Kier alpha value is -0.250. The summed E-state index contributed by atoms with van der Waals surface area (Å²) in [6, 6.07) is 3.62. The van der Waals surface area contributed by atoms with Crippen LogP contribution in [0.3, 0.4) is 0 Å². The van der Waals surface area contributed by atoms with Crippen LogP contribution in [0, 0.1) is 5.82 Å². The molecule has 1 rings (SSSR count). The summed E-state index contributed by atoms with van der Waals surface area (Å²) in [4.78, 5) is 11.0. The summed E-state index contributed by atoms with van der Waals surface area (Å²) < 4.78 is 12.6. The third-order valence-electron chi connectivity index (χ3n) is 1.24. The van der Waals surface area contributed by atoms with Crippen molar-refractivity contribution in [2.24, 2.45) is 0 Å². The van der Waals surface area contributed by atoms with Crippen LogP contribution in [0.5, 0.6) is 0 Å². The number of halogens is 3. The van der Waals surface area contributed by atoms with Crippen LogP contribution in [-0.2, 0) is 0 Å². The Morgan fingerprint density at radius 2 is 2.17 bits per heavy atom. The lowest BCUT2D eigenvalue weighted by Crippen LogP contribution is -1.91. The highest BCUT2D eigenvalue weighted by Gasteiger charge is 2.09. The van der Waals surface area contributed by atoms with Crippen LogP contribution in [0.4, 0.5) is 4.39 Å². The molecule has 1 aromatic rings. The van der Waals surface area contributed by atoms with Crippen LogP contribution in [0.25, 0.3) is 0 Å². The van der Waals surface area contributed by atoms with Gasteiger partial charge < -0.3 is 0 Å². The third-order valence-corrected chi connectivity index (χ3v) is 2.44. The van der Waals surface area contributed by atoms with Crippen molar-refractivity contribution >= 4 is 38.5 Å². The van der Waals surface area contributed by atoms with Gasteiger partial charge in [0.2, 0.25) is 0 Å². The Morgan fingerprint density at radius 1 is 1.50 bits per heavy atom. The average molecular weight is 225 g/mol. The molecular weight excluding hydrogens is 222 g/mol. The predicted molar refractivity (Wildman–Crippen MR) is 48.3 cm³/mol. The maximum absolute atomic E-state index is 12.6. The highest BCUT2D eigenvalue weighted by molar-refractivity contribution is 8.21. The van der Waals surface area contributed by atoms with Crippen LogP contribution in [0.1, 0.15) is 10.4 Å². The molecule has 0 N–H and O–H groups in total. The van der Waals surface area contributed by atoms with E-state index in [0.29, 0.717) is 4.90 Å². The molecule has 1 aromatic carbocycles. The van der Waals surface area contributed by atoms with Gasteiger partial charge in [0.25, 0.3) is 5.24 Å². The fraction of sp³-hybridized carbons (Fsp3) is 0. The van der Waals surface area contributed by atoms with Crippen molar-refractivity contribution in [1.82, 2.24) is 0 Å². The highest BCUT2D eigenvalue weighted by Crippen LogP contribution is 2.27. The van der Waals surface area contributed by atoms with Gasteiger partial charge in [-0.25, -0.2) is 4.39 Å². The van der Waals surface area contributed by atoms with E-state index in [9.17, 15) is 9.18 Å². The summed E-state index contributed by atoms with van der Waals surface area (Å²) in [6.07, 6.45) is 0. The Morgan fingerprint density at radius 3 is 2.67 bits per heavy atom. The van der Waals surface area contributed by atoms with E-state index >= 15 is 0 Å². The van der Waals surface area contributed by atoms with Crippen LogP contribution >= 0.6 is 33.3 Å². The smallest absolute Gasteiger partial charge is 0.253 e. The maximum Gasteiger partial charge on any atom is 0.253 e. The number of rotatable bonds is 2. The minimum absolute atomic E-state index is 0.220. The van der Waals surface area contributed by atoms with Crippen molar-refractivity contribution in [1.29, 1.82) is 0 Å². The summed E-state index contributed by atoms with van der Waals surface area (Å²) in [5.41, 5.74) is 0.220. The topological polar surface area (TPSA) is 17.1 Å². The van der Waals surface area contributed by atoms with E-state index in [-0.39, 0.29) is 5.56 Å². The maximum atomic E-state index is 12.6. The van der Waals surface area contributed by atoms with Gasteiger partial charge in [-0.2, -0.15) is 0 Å². The summed E-state index contributed by atoms with van der Waals surface area (Å²) in [7, 11) is 6.15. The first-order chi connectivity index (χ1) is 5.65. The molecule has 0 amide bonds. The molecule has 0 bridgehead atoms. The summed E-state index contributed by atoms with van der Waals surface area (Å²) >= 11 is 5.21. The van der Waals surface area contributed by atoms with Crippen LogP contribution < -0.4 is 0 Å². The number of hydrogen-bond acceptors (Lipinski definition) is 2. The SMILES string of the molecule is O=C(Cl)c1ccc(F)cc1SCl. The van der Waals surface area contributed by atoms with Crippen molar-refractivity contribution in [3.8, 4) is 0 Å². The van der Waals surface area contributed by atoms with Gasteiger partial charge in [0, 0.05) is 10.5 Å². The second-order valence-electron chi connectivity index (χ2n) is 1.99. The van der Waals surface area contributed by atoms with E-state index in [0.717, 1.165) is 23.1 Å². The molecule has 64 valence electrons. The minimum atomic E-state index is -0.641. The third kappa shape index (κ3) is 2.12. The minimum Gasteiger partial charge on any atom is -0.276 e. The van der Waals surface area contributed by atoms with E-state index in [2.05, 4.69) is 0 Å². The fourth-order valence-corrected chi connectivity index (χ4v) is 1.73. The number of carbonyl (C=O) groups is 1. The van der Waals surface area contributed by atoms with Gasteiger partial charge in [-0.05, 0) is 51.5 Å². The van der Waals surface area contributed by atoms with Gasteiger partial charge in [0.1, 0.15) is 5.82 Å². The Kier molecular flexibility index (Phi) is 3.38. The molecule has 0 aromatic heterocycles. The lowest BCUT2D eigenvalue weighted by atomic mass is 10.2. The molecule has 0 aliphatic carbocycles. The van der Waals surface area contributed by atoms with Gasteiger partial charge in [0.15, 0.2) is 0 Å². The van der Waals surface area contributed by atoms with Crippen LogP contribution in [0.2, 0.25) is 0 Å². The van der Waals surface area contributed by atoms with Gasteiger partial charge >= 0.3 is 0 Å². The van der Waals surface area contributed by atoms with Crippen LogP contribution in [-0.4, -0.2) is 5.24 Å². The molecule has 0 saturated heterocycles. The zero-order valence-corrected chi connectivity index (χ0v) is 8.01. The van der Waals surface area contributed by atoms with Crippen molar-refractivity contribution in [2.45, 2.75) is 4.90 Å². The normalized spacial score (nSPS) is 9.92. The molecule has 0 spiro atoms. The molecule has 0 fully saturated rings. The molecule has 0 heterocycles. The average Bonchev–Trinajstić information content (AvgIpc) is 2.03.